The van der Waals surface area contributed by atoms with Gasteiger partial charge in [0.2, 0.25) is 0 Å². The zero-order valence-corrected chi connectivity index (χ0v) is 11.3. The first kappa shape index (κ1) is 13.5. The van der Waals surface area contributed by atoms with E-state index in [-0.39, 0.29) is 0 Å². The summed E-state index contributed by atoms with van der Waals surface area (Å²) < 4.78 is 28.2. The van der Waals surface area contributed by atoms with Gasteiger partial charge in [0.25, 0.3) is 10.2 Å². The van der Waals surface area contributed by atoms with Gasteiger partial charge in [-0.05, 0) is 24.6 Å². The van der Waals surface area contributed by atoms with Crippen LogP contribution in [0, 0.1) is 0 Å². The Hall–Kier alpha value is -0.950. The van der Waals surface area contributed by atoms with Crippen LogP contribution in [0.4, 0.5) is 0 Å². The van der Waals surface area contributed by atoms with Gasteiger partial charge in [-0.3, -0.25) is 0 Å². The Bertz CT molecular complexity index is 502. The van der Waals surface area contributed by atoms with Crippen LogP contribution in [0.2, 0.25) is 0 Å². The molecule has 0 bridgehead atoms. The van der Waals surface area contributed by atoms with Crippen LogP contribution in [0.25, 0.3) is 0 Å². The lowest BCUT2D eigenvalue weighted by Gasteiger charge is -2.28. The molecule has 0 radical (unpaired) electrons. The standard InChI is InChI=1S/C12H19N3O2S/c1-13-7-8-14-18(16,17)15-9-6-11-4-2-3-5-12(11)10-15/h2-5,13-14H,6-10H2,1H3. The number of benzene rings is 1. The predicted octanol–water partition coefficient (Wildman–Crippen LogP) is 0.0985. The topological polar surface area (TPSA) is 61.4 Å². The SMILES string of the molecule is CNCCNS(=O)(=O)N1CCc2ccccc2C1. The number of nitrogens with one attached hydrogen (secondary N) is 2. The molecule has 1 heterocycles. The summed E-state index contributed by atoms with van der Waals surface area (Å²) in [5.41, 5.74) is 2.35. The van der Waals surface area contributed by atoms with Crippen molar-refractivity contribution >= 4 is 10.2 Å². The number of fused-ring (bicyclic) bond motifs is 1. The second kappa shape index (κ2) is 5.79. The second-order valence-corrected chi connectivity index (χ2v) is 6.11. The zero-order valence-electron chi connectivity index (χ0n) is 10.5. The third kappa shape index (κ3) is 3.08. The first-order valence-electron chi connectivity index (χ1n) is 6.09. The minimum Gasteiger partial charge on any atom is -0.318 e. The van der Waals surface area contributed by atoms with Gasteiger partial charge in [-0.15, -0.1) is 0 Å². The molecular weight excluding hydrogens is 250 g/mol. The van der Waals surface area contributed by atoms with Crippen molar-refractivity contribution in [1.82, 2.24) is 14.3 Å². The summed E-state index contributed by atoms with van der Waals surface area (Å²) in [7, 11) is -1.56. The maximum absolute atomic E-state index is 12.1. The van der Waals surface area contributed by atoms with Crippen LogP contribution in [-0.4, -0.2) is 39.4 Å². The highest BCUT2D eigenvalue weighted by Crippen LogP contribution is 2.19. The summed E-state index contributed by atoms with van der Waals surface area (Å²) in [5, 5.41) is 2.91. The Morgan fingerprint density at radius 3 is 2.67 bits per heavy atom. The molecule has 1 aromatic rings. The molecule has 100 valence electrons. The number of rotatable bonds is 5. The van der Waals surface area contributed by atoms with Gasteiger partial charge in [-0.2, -0.15) is 12.7 Å². The Kier molecular flexibility index (Phi) is 4.34. The molecule has 0 aromatic heterocycles. The average molecular weight is 269 g/mol. The van der Waals surface area contributed by atoms with Crippen molar-refractivity contribution in [2.75, 3.05) is 26.7 Å². The maximum atomic E-state index is 12.1. The fourth-order valence-corrected chi connectivity index (χ4v) is 3.25. The first-order valence-corrected chi connectivity index (χ1v) is 7.53. The molecule has 6 heteroatoms. The van der Waals surface area contributed by atoms with Crippen molar-refractivity contribution in [1.29, 1.82) is 0 Å². The van der Waals surface area contributed by atoms with Crippen LogP contribution in [0.15, 0.2) is 24.3 Å². The fraction of sp³-hybridized carbons (Fsp3) is 0.500. The highest BCUT2D eigenvalue weighted by Gasteiger charge is 2.25. The van der Waals surface area contributed by atoms with Crippen molar-refractivity contribution in [2.24, 2.45) is 0 Å². The molecule has 2 rings (SSSR count). The molecule has 1 aliphatic rings. The first-order chi connectivity index (χ1) is 8.63. The van der Waals surface area contributed by atoms with E-state index in [1.807, 2.05) is 18.2 Å². The largest absolute Gasteiger partial charge is 0.318 e. The van der Waals surface area contributed by atoms with Crippen LogP contribution >= 0.6 is 0 Å². The van der Waals surface area contributed by atoms with Crippen LogP contribution in [0.1, 0.15) is 11.1 Å². The molecule has 1 aliphatic heterocycles. The van der Waals surface area contributed by atoms with Gasteiger partial charge >= 0.3 is 0 Å². The van der Waals surface area contributed by atoms with Crippen LogP contribution in [0.5, 0.6) is 0 Å². The van der Waals surface area contributed by atoms with E-state index in [1.54, 1.807) is 7.05 Å². The number of hydrogen-bond acceptors (Lipinski definition) is 3. The minimum absolute atomic E-state index is 0.414. The highest BCUT2D eigenvalue weighted by atomic mass is 32.2. The Balaban J connectivity index is 2.04. The lowest BCUT2D eigenvalue weighted by atomic mass is 10.0. The predicted molar refractivity (Wildman–Crippen MR) is 71.4 cm³/mol. The monoisotopic (exact) mass is 269 g/mol. The number of likely N-dealkylation sites (N-methyl/N-ethyl adjacent to an activating group) is 1. The van der Waals surface area contributed by atoms with E-state index in [4.69, 9.17) is 0 Å². The number of hydrogen-bond donors (Lipinski definition) is 2. The van der Waals surface area contributed by atoms with Crippen molar-refractivity contribution in [3.63, 3.8) is 0 Å². The molecule has 0 amide bonds. The van der Waals surface area contributed by atoms with Gasteiger partial charge in [0.05, 0.1) is 0 Å². The third-order valence-corrected chi connectivity index (χ3v) is 4.66. The van der Waals surface area contributed by atoms with Crippen LogP contribution in [0.3, 0.4) is 0 Å². The maximum Gasteiger partial charge on any atom is 0.279 e. The molecule has 0 atom stereocenters. The van der Waals surface area contributed by atoms with E-state index in [0.717, 1.165) is 12.0 Å². The molecular formula is C12H19N3O2S. The van der Waals surface area contributed by atoms with Gasteiger partial charge in [0.1, 0.15) is 0 Å². The fourth-order valence-electron chi connectivity index (χ4n) is 2.07. The average Bonchev–Trinajstić information content (AvgIpc) is 2.38. The van der Waals surface area contributed by atoms with E-state index in [0.29, 0.717) is 26.2 Å². The zero-order chi connectivity index (χ0) is 13.0. The van der Waals surface area contributed by atoms with Gasteiger partial charge in [-0.25, -0.2) is 4.72 Å². The van der Waals surface area contributed by atoms with Crippen molar-refractivity contribution in [2.45, 2.75) is 13.0 Å². The Labute approximate surface area is 108 Å². The van der Waals surface area contributed by atoms with Crippen LogP contribution < -0.4 is 10.0 Å². The Morgan fingerprint density at radius 2 is 1.94 bits per heavy atom. The van der Waals surface area contributed by atoms with E-state index < -0.39 is 10.2 Å². The molecule has 0 saturated heterocycles. The third-order valence-electron chi connectivity index (χ3n) is 3.10. The van der Waals surface area contributed by atoms with E-state index in [9.17, 15) is 8.42 Å². The minimum atomic E-state index is -3.35. The normalized spacial score (nSPS) is 16.5. The van der Waals surface area contributed by atoms with Gasteiger partial charge in [-0.1, -0.05) is 24.3 Å². The molecule has 1 aromatic carbocycles. The van der Waals surface area contributed by atoms with E-state index in [1.165, 1.54) is 9.87 Å². The van der Waals surface area contributed by atoms with Crippen molar-refractivity contribution < 1.29 is 8.42 Å². The molecule has 5 nitrogen and oxygen atoms in total. The van der Waals surface area contributed by atoms with Gasteiger partial charge < -0.3 is 5.32 Å². The lowest BCUT2D eigenvalue weighted by molar-refractivity contribution is 0.384. The quantitative estimate of drug-likeness (QED) is 0.745. The Morgan fingerprint density at radius 1 is 1.22 bits per heavy atom. The summed E-state index contributed by atoms with van der Waals surface area (Å²) in [5.74, 6) is 0. The molecule has 2 N–H and O–H groups in total. The summed E-state index contributed by atoms with van der Waals surface area (Å²) in [4.78, 5) is 0. The molecule has 0 fully saturated rings. The highest BCUT2D eigenvalue weighted by molar-refractivity contribution is 7.87. The summed E-state index contributed by atoms with van der Waals surface area (Å²) in [6.07, 6.45) is 0.781. The van der Waals surface area contributed by atoms with E-state index in [2.05, 4.69) is 16.1 Å². The number of nitrogens with zero attached hydrogens (tertiary/aromatic N) is 1. The lowest BCUT2D eigenvalue weighted by Crippen LogP contribution is -2.44. The molecule has 18 heavy (non-hydrogen) atoms. The smallest absolute Gasteiger partial charge is 0.279 e. The van der Waals surface area contributed by atoms with E-state index >= 15 is 0 Å². The van der Waals surface area contributed by atoms with Gasteiger partial charge in [0.15, 0.2) is 0 Å². The van der Waals surface area contributed by atoms with Gasteiger partial charge in [0, 0.05) is 26.2 Å². The summed E-state index contributed by atoms with van der Waals surface area (Å²) in [6, 6.07) is 8.00. The van der Waals surface area contributed by atoms with Crippen molar-refractivity contribution in [3.8, 4) is 0 Å². The van der Waals surface area contributed by atoms with Crippen molar-refractivity contribution in [3.05, 3.63) is 35.4 Å². The summed E-state index contributed by atoms with van der Waals surface area (Å²) >= 11 is 0. The molecule has 0 spiro atoms. The molecule has 0 saturated carbocycles. The molecule has 0 aliphatic carbocycles. The molecule has 0 unspecified atom stereocenters. The van der Waals surface area contributed by atoms with Crippen LogP contribution in [-0.2, 0) is 23.2 Å². The second-order valence-electron chi connectivity index (χ2n) is 4.36. The summed E-state index contributed by atoms with van der Waals surface area (Å²) in [6.45, 7) is 2.05.